The van der Waals surface area contributed by atoms with Crippen LogP contribution in [0.25, 0.3) is 0 Å². The van der Waals surface area contributed by atoms with Gasteiger partial charge in [-0.2, -0.15) is 0 Å². The van der Waals surface area contributed by atoms with E-state index in [1.165, 1.54) is 0 Å². The van der Waals surface area contributed by atoms with E-state index in [0.717, 1.165) is 5.56 Å². The number of carbonyl (C=O) groups excluding carboxylic acids is 1. The maximum absolute atomic E-state index is 11.1. The molecule has 2 heterocycles. The number of carbonyl (C=O) groups is 1. The molecule has 5 nitrogen and oxygen atoms in total. The lowest BCUT2D eigenvalue weighted by Gasteiger charge is -2.16. The number of anilines is 1. The zero-order valence-corrected chi connectivity index (χ0v) is 11.3. The largest absolute Gasteiger partial charge is 0.363 e. The van der Waals surface area contributed by atoms with Crippen molar-refractivity contribution in [2.45, 2.75) is 19.9 Å². The topological polar surface area (TPSA) is 67.8 Å². The van der Waals surface area contributed by atoms with Crippen LogP contribution >= 0.6 is 11.6 Å². The first-order chi connectivity index (χ1) is 9.11. The van der Waals surface area contributed by atoms with Crippen LogP contribution in [0, 0.1) is 6.92 Å². The van der Waals surface area contributed by atoms with E-state index in [1.807, 2.05) is 19.1 Å². The fourth-order valence-electron chi connectivity index (χ4n) is 1.68. The third kappa shape index (κ3) is 3.06. The van der Waals surface area contributed by atoms with Crippen LogP contribution in [-0.4, -0.2) is 21.2 Å². The molecule has 0 aliphatic rings. The molecule has 2 aromatic rings. The first kappa shape index (κ1) is 13.4. The maximum Gasteiger partial charge on any atom is 0.156 e. The van der Waals surface area contributed by atoms with Gasteiger partial charge in [-0.05, 0) is 25.5 Å². The van der Waals surface area contributed by atoms with Crippen LogP contribution in [0.4, 0.5) is 5.82 Å². The standard InChI is InChI=1S/C13H13ClN4O/c1-8(10-4-3-5-15-6-10)16-13-11(7-19)12(14)17-9(2)18-13/h3-8H,1-2H3,(H,16,17,18). The Bertz CT molecular complexity index is 589. The number of rotatable bonds is 4. The molecule has 1 unspecified atom stereocenters. The first-order valence-corrected chi connectivity index (χ1v) is 6.15. The Kier molecular flexibility index (Phi) is 4.06. The van der Waals surface area contributed by atoms with Crippen molar-refractivity contribution >= 4 is 23.7 Å². The van der Waals surface area contributed by atoms with Crippen LogP contribution in [0.5, 0.6) is 0 Å². The molecular weight excluding hydrogens is 264 g/mol. The molecule has 1 N–H and O–H groups in total. The highest BCUT2D eigenvalue weighted by atomic mass is 35.5. The Labute approximate surface area is 116 Å². The SMILES string of the molecule is Cc1nc(Cl)c(C=O)c(NC(C)c2cccnc2)n1. The molecule has 1 atom stereocenters. The summed E-state index contributed by atoms with van der Waals surface area (Å²) in [7, 11) is 0. The first-order valence-electron chi connectivity index (χ1n) is 5.77. The number of nitrogens with zero attached hydrogens (tertiary/aromatic N) is 3. The van der Waals surface area contributed by atoms with E-state index >= 15 is 0 Å². The van der Waals surface area contributed by atoms with Crippen LogP contribution in [0.1, 0.15) is 34.7 Å². The van der Waals surface area contributed by atoms with Crippen molar-refractivity contribution in [1.82, 2.24) is 15.0 Å². The van der Waals surface area contributed by atoms with Crippen molar-refractivity contribution in [3.8, 4) is 0 Å². The van der Waals surface area contributed by atoms with Crippen LogP contribution in [-0.2, 0) is 0 Å². The van der Waals surface area contributed by atoms with Crippen molar-refractivity contribution in [1.29, 1.82) is 0 Å². The highest BCUT2D eigenvalue weighted by molar-refractivity contribution is 6.32. The summed E-state index contributed by atoms with van der Waals surface area (Å²) in [6.07, 6.45) is 4.12. The Hall–Kier alpha value is -2.01. The number of pyridine rings is 1. The van der Waals surface area contributed by atoms with E-state index in [0.29, 0.717) is 17.9 Å². The van der Waals surface area contributed by atoms with Gasteiger partial charge in [0.25, 0.3) is 0 Å². The highest BCUT2D eigenvalue weighted by Gasteiger charge is 2.14. The summed E-state index contributed by atoms with van der Waals surface area (Å²) < 4.78 is 0. The fraction of sp³-hybridized carbons (Fsp3) is 0.231. The van der Waals surface area contributed by atoms with Crippen molar-refractivity contribution in [2.75, 3.05) is 5.32 Å². The average Bonchev–Trinajstić information content (AvgIpc) is 2.39. The molecule has 6 heteroatoms. The lowest BCUT2D eigenvalue weighted by Crippen LogP contribution is -2.11. The van der Waals surface area contributed by atoms with Gasteiger partial charge in [-0.1, -0.05) is 17.7 Å². The number of halogens is 1. The number of aldehydes is 1. The van der Waals surface area contributed by atoms with E-state index in [2.05, 4.69) is 20.3 Å². The molecule has 0 saturated heterocycles. The molecule has 0 aliphatic carbocycles. The second-order valence-electron chi connectivity index (χ2n) is 4.09. The number of nitrogens with one attached hydrogen (secondary N) is 1. The number of aromatic nitrogens is 3. The van der Waals surface area contributed by atoms with Crippen molar-refractivity contribution in [3.63, 3.8) is 0 Å². The predicted molar refractivity (Wildman–Crippen MR) is 73.4 cm³/mol. The van der Waals surface area contributed by atoms with Gasteiger partial charge in [-0.25, -0.2) is 9.97 Å². The minimum Gasteiger partial charge on any atom is -0.363 e. The Balaban J connectivity index is 2.31. The highest BCUT2D eigenvalue weighted by Crippen LogP contribution is 2.23. The van der Waals surface area contributed by atoms with Gasteiger partial charge < -0.3 is 5.32 Å². The molecule has 0 amide bonds. The van der Waals surface area contributed by atoms with Crippen molar-refractivity contribution in [3.05, 3.63) is 46.6 Å². The van der Waals surface area contributed by atoms with E-state index in [4.69, 9.17) is 11.6 Å². The molecule has 0 aromatic carbocycles. The zero-order chi connectivity index (χ0) is 13.8. The van der Waals surface area contributed by atoms with E-state index in [1.54, 1.807) is 19.3 Å². The zero-order valence-electron chi connectivity index (χ0n) is 10.6. The molecule has 0 fully saturated rings. The van der Waals surface area contributed by atoms with Gasteiger partial charge in [0, 0.05) is 12.4 Å². The Morgan fingerprint density at radius 3 is 2.84 bits per heavy atom. The monoisotopic (exact) mass is 276 g/mol. The molecule has 19 heavy (non-hydrogen) atoms. The molecule has 0 spiro atoms. The van der Waals surface area contributed by atoms with Gasteiger partial charge in [-0.15, -0.1) is 0 Å². The lowest BCUT2D eigenvalue weighted by molar-refractivity contribution is 0.112. The Morgan fingerprint density at radius 2 is 2.21 bits per heavy atom. The molecule has 0 bridgehead atoms. The Morgan fingerprint density at radius 1 is 1.42 bits per heavy atom. The fourth-order valence-corrected chi connectivity index (χ4v) is 1.94. The van der Waals surface area contributed by atoms with Crippen LogP contribution in [0.15, 0.2) is 24.5 Å². The molecule has 0 radical (unpaired) electrons. The molecular formula is C13H13ClN4O. The van der Waals surface area contributed by atoms with Gasteiger partial charge in [0.1, 0.15) is 16.8 Å². The second-order valence-corrected chi connectivity index (χ2v) is 4.45. The number of hydrogen-bond donors (Lipinski definition) is 1. The average molecular weight is 277 g/mol. The maximum atomic E-state index is 11.1. The predicted octanol–water partition coefficient (Wildman–Crippen LogP) is 2.82. The van der Waals surface area contributed by atoms with Crippen molar-refractivity contribution < 1.29 is 4.79 Å². The van der Waals surface area contributed by atoms with E-state index in [-0.39, 0.29) is 16.8 Å². The smallest absolute Gasteiger partial charge is 0.156 e. The van der Waals surface area contributed by atoms with Gasteiger partial charge in [0.05, 0.1) is 11.6 Å². The van der Waals surface area contributed by atoms with E-state index in [9.17, 15) is 4.79 Å². The molecule has 0 aliphatic heterocycles. The molecule has 2 aromatic heterocycles. The summed E-state index contributed by atoms with van der Waals surface area (Å²) in [6.45, 7) is 3.68. The van der Waals surface area contributed by atoms with Crippen LogP contribution in [0.2, 0.25) is 5.15 Å². The van der Waals surface area contributed by atoms with Crippen LogP contribution < -0.4 is 5.32 Å². The second kappa shape index (κ2) is 5.75. The number of aryl methyl sites for hydroxylation is 1. The quantitative estimate of drug-likeness (QED) is 0.687. The summed E-state index contributed by atoms with van der Waals surface area (Å²) in [5.74, 6) is 0.945. The molecule has 0 saturated carbocycles. The summed E-state index contributed by atoms with van der Waals surface area (Å²) in [5.41, 5.74) is 1.26. The van der Waals surface area contributed by atoms with Crippen molar-refractivity contribution in [2.24, 2.45) is 0 Å². The number of hydrogen-bond acceptors (Lipinski definition) is 5. The molecule has 98 valence electrons. The van der Waals surface area contributed by atoms with Gasteiger partial charge >= 0.3 is 0 Å². The third-order valence-corrected chi connectivity index (χ3v) is 2.95. The third-order valence-electron chi connectivity index (χ3n) is 2.67. The van der Waals surface area contributed by atoms with Gasteiger partial charge in [0.2, 0.25) is 0 Å². The van der Waals surface area contributed by atoms with Gasteiger partial charge in [0.15, 0.2) is 6.29 Å². The summed E-state index contributed by atoms with van der Waals surface area (Å²) in [5, 5.41) is 3.31. The summed E-state index contributed by atoms with van der Waals surface area (Å²) in [6, 6.07) is 3.76. The molecule has 2 rings (SSSR count). The van der Waals surface area contributed by atoms with E-state index < -0.39 is 0 Å². The summed E-state index contributed by atoms with van der Waals surface area (Å²) in [4.78, 5) is 23.3. The normalized spacial score (nSPS) is 11.9. The minimum absolute atomic E-state index is 0.0437. The van der Waals surface area contributed by atoms with Gasteiger partial charge in [-0.3, -0.25) is 9.78 Å². The van der Waals surface area contributed by atoms with Crippen LogP contribution in [0.3, 0.4) is 0 Å². The lowest BCUT2D eigenvalue weighted by atomic mass is 10.1. The summed E-state index contributed by atoms with van der Waals surface area (Å²) >= 11 is 5.93. The minimum atomic E-state index is -0.0437.